The van der Waals surface area contributed by atoms with E-state index in [1.165, 1.54) is 39.0 Å². The van der Waals surface area contributed by atoms with Crippen molar-refractivity contribution in [2.45, 2.75) is 76.4 Å². The summed E-state index contributed by atoms with van der Waals surface area (Å²) in [6.45, 7) is 12.7. The molecule has 0 spiro atoms. The van der Waals surface area contributed by atoms with Gasteiger partial charge in [-0.25, -0.2) is 44.3 Å². The fourth-order valence-corrected chi connectivity index (χ4v) is 8.08. The molecule has 4 aromatic rings. The minimum absolute atomic E-state index is 0.0682. The summed E-state index contributed by atoms with van der Waals surface area (Å²) in [6, 6.07) is 7.04. The second kappa shape index (κ2) is 19.4. The van der Waals surface area contributed by atoms with E-state index in [1.54, 1.807) is 23.1 Å². The van der Waals surface area contributed by atoms with Crippen molar-refractivity contribution >= 4 is 52.6 Å². The number of nitrogens with two attached hydrogens (primary N) is 1. The first kappa shape index (κ1) is 45.9. The number of nitrogens with one attached hydrogen (secondary N) is 2. The molecule has 66 heavy (non-hydrogen) atoms. The Morgan fingerprint density at radius 1 is 0.758 bits per heavy atom. The molecule has 4 saturated heterocycles. The predicted molar refractivity (Wildman–Crippen MR) is 237 cm³/mol. The van der Waals surface area contributed by atoms with E-state index in [0.717, 1.165) is 49.7 Å². The smallest absolute Gasteiger partial charge is 0.356 e. The molecule has 0 radical (unpaired) electrons. The third-order valence-corrected chi connectivity index (χ3v) is 11.2. The number of aromatic nitrogens is 6. The van der Waals surface area contributed by atoms with Crippen molar-refractivity contribution in [1.29, 1.82) is 0 Å². The van der Waals surface area contributed by atoms with Crippen LogP contribution >= 0.6 is 0 Å². The molecule has 23 nitrogen and oxygen atoms in total. The quantitative estimate of drug-likeness (QED) is 0.203. The van der Waals surface area contributed by atoms with Gasteiger partial charge in [-0.1, -0.05) is 0 Å². The highest BCUT2D eigenvalue weighted by molar-refractivity contribution is 6.04. The number of methoxy groups -OCH3 is 2. The molecule has 23 heteroatoms. The van der Waals surface area contributed by atoms with Gasteiger partial charge in [0.1, 0.15) is 31.2 Å². The van der Waals surface area contributed by atoms with Gasteiger partial charge in [-0.15, -0.1) is 0 Å². The van der Waals surface area contributed by atoms with Gasteiger partial charge < -0.3 is 58.7 Å². The molecule has 10 heterocycles. The number of nitrogens with zero attached hydrogens (tertiary/aromatic N) is 9. The van der Waals surface area contributed by atoms with Gasteiger partial charge in [-0.05, 0) is 64.8 Å². The van der Waals surface area contributed by atoms with Crippen LogP contribution in [0.5, 0.6) is 11.8 Å². The first-order valence-corrected chi connectivity index (χ1v) is 21.5. The van der Waals surface area contributed by atoms with Crippen LogP contribution in [0.2, 0.25) is 0 Å². The van der Waals surface area contributed by atoms with E-state index in [1.807, 2.05) is 33.8 Å². The number of pyridine rings is 2. The van der Waals surface area contributed by atoms with E-state index < -0.39 is 29.5 Å². The van der Waals surface area contributed by atoms with E-state index in [-0.39, 0.29) is 36.4 Å². The van der Waals surface area contributed by atoms with E-state index in [4.69, 9.17) is 38.9 Å². The topological polar surface area (TPSA) is 262 Å². The number of ether oxygens (including phenoxy) is 8. The molecule has 4 bridgehead atoms. The molecule has 4 fully saturated rings. The van der Waals surface area contributed by atoms with Gasteiger partial charge >= 0.3 is 18.0 Å². The Balaban J connectivity index is 0.000000153. The number of urea groups is 1. The Hall–Kier alpha value is -6.69. The molecule has 4 aromatic heterocycles. The lowest BCUT2D eigenvalue weighted by Crippen LogP contribution is -2.48. The monoisotopic (exact) mass is 914 g/mol. The summed E-state index contributed by atoms with van der Waals surface area (Å²) >= 11 is 0. The van der Waals surface area contributed by atoms with Gasteiger partial charge in [0.2, 0.25) is 11.8 Å². The molecule has 0 unspecified atom stereocenters. The first-order chi connectivity index (χ1) is 31.7. The zero-order chi connectivity index (χ0) is 46.6. The molecule has 6 aliphatic heterocycles. The van der Waals surface area contributed by atoms with Crippen LogP contribution in [0.15, 0.2) is 49.1 Å². The molecule has 4 N–H and O–H groups in total. The van der Waals surface area contributed by atoms with Crippen LogP contribution in [0.25, 0.3) is 0 Å². The lowest BCUT2D eigenvalue weighted by Gasteiger charge is -2.35. The normalized spacial score (nSPS) is 22.3. The third kappa shape index (κ3) is 10.9. The zero-order valence-corrected chi connectivity index (χ0v) is 37.6. The van der Waals surface area contributed by atoms with Gasteiger partial charge in [0.15, 0.2) is 40.4 Å². The number of fused-ring (bicyclic) bond motifs is 8. The average molecular weight is 915 g/mol. The molecule has 0 aromatic carbocycles. The largest absolute Gasteiger partial charge is 0.474 e. The van der Waals surface area contributed by atoms with Crippen molar-refractivity contribution in [2.24, 2.45) is 0 Å². The van der Waals surface area contributed by atoms with Crippen molar-refractivity contribution in [3.63, 3.8) is 0 Å². The van der Waals surface area contributed by atoms with Gasteiger partial charge in [0.25, 0.3) is 0 Å². The number of carbonyl (C=O) groups is 3. The Morgan fingerprint density at radius 3 is 1.92 bits per heavy atom. The van der Waals surface area contributed by atoms with E-state index in [9.17, 15) is 14.4 Å². The van der Waals surface area contributed by atoms with Crippen LogP contribution in [0.1, 0.15) is 61.5 Å². The Bertz CT molecular complexity index is 2380. The summed E-state index contributed by atoms with van der Waals surface area (Å²) in [6.07, 6.45) is 7.45. The highest BCUT2D eigenvalue weighted by atomic mass is 16.8. The average Bonchev–Trinajstić information content (AvgIpc) is 4.10. The fraction of sp³-hybridized carbons (Fsp3) is 0.512. The SMILES string of the molecule is CC1(C)OC[C@H](COc2cnc(N)cn2)O1.COC(=O)c1ccc2c(n1)N(C(=O)Nc1cnc(OC[C@H]3COC(C)(C)O3)cn1)[C@H]1CCN2C1.COC(=O)c1ccc2c(n1)N[C@H]1CCN2C1. The van der Waals surface area contributed by atoms with Crippen molar-refractivity contribution in [3.8, 4) is 11.8 Å². The number of amides is 2. The molecule has 6 aliphatic rings. The van der Waals surface area contributed by atoms with Gasteiger partial charge in [-0.3, -0.25) is 10.2 Å². The third-order valence-electron chi connectivity index (χ3n) is 11.2. The first-order valence-electron chi connectivity index (χ1n) is 21.5. The molecular weight excluding hydrogens is 861 g/mol. The number of anilines is 6. The van der Waals surface area contributed by atoms with Crippen molar-refractivity contribution in [1.82, 2.24) is 29.9 Å². The second-order valence-electron chi connectivity index (χ2n) is 16.9. The van der Waals surface area contributed by atoms with Gasteiger partial charge in [0.05, 0.1) is 69.6 Å². The van der Waals surface area contributed by atoms with Crippen LogP contribution in [0, 0.1) is 0 Å². The molecule has 4 atom stereocenters. The zero-order valence-electron chi connectivity index (χ0n) is 37.6. The highest BCUT2D eigenvalue weighted by Gasteiger charge is 2.41. The standard InChI is InChI=1S/C22H26N6O6.C11H13N3O2.C10H15N3O3/c1-22(2)33-12-14(34-22)11-32-18-9-23-17(8-24-18)26-21(30)28-13-6-7-27(10-13)16-5-4-15(20(29)31-3)25-19(16)28;1-16-11(15)8-2-3-9-10(13-8)12-7-4-5-14(9)6-7;1-10(2)15-6-7(16-10)5-14-9-4-12-8(11)3-13-9/h4-5,8-9,13-14H,6-7,10-12H2,1-3H3,(H,23,26,30);2-3,7H,4-6H2,1H3,(H,12,13);3-4,7H,5-6H2,1-2H3,(H2,11,12)/t13-,14-;2*7-/m000/s1. The molecule has 2 amide bonds. The Kier molecular flexibility index (Phi) is 13.5. The van der Waals surface area contributed by atoms with Crippen LogP contribution in [0.4, 0.5) is 39.4 Å². The van der Waals surface area contributed by atoms with Crippen molar-refractivity contribution < 1.29 is 52.3 Å². The summed E-state index contributed by atoms with van der Waals surface area (Å²) in [5.41, 5.74) is 7.79. The number of rotatable bonds is 9. The van der Waals surface area contributed by atoms with Crippen LogP contribution < -0.4 is 40.5 Å². The van der Waals surface area contributed by atoms with E-state index in [2.05, 4.69) is 55.1 Å². The van der Waals surface area contributed by atoms with Crippen LogP contribution in [-0.4, -0.2) is 151 Å². The minimum Gasteiger partial charge on any atom is -0.474 e. The van der Waals surface area contributed by atoms with E-state index in [0.29, 0.717) is 61.5 Å². The fourth-order valence-electron chi connectivity index (χ4n) is 8.08. The van der Waals surface area contributed by atoms with Crippen molar-refractivity contribution in [3.05, 3.63) is 60.4 Å². The van der Waals surface area contributed by atoms with E-state index >= 15 is 0 Å². The minimum atomic E-state index is -0.621. The maximum Gasteiger partial charge on any atom is 0.356 e. The lowest BCUT2D eigenvalue weighted by atomic mass is 10.2. The molecular formula is C43H54N12O11. The summed E-state index contributed by atoms with van der Waals surface area (Å²) in [4.78, 5) is 67.6. The maximum absolute atomic E-state index is 13.2. The predicted octanol–water partition coefficient (Wildman–Crippen LogP) is 3.28. The van der Waals surface area contributed by atoms with Crippen LogP contribution in [-0.2, 0) is 28.4 Å². The van der Waals surface area contributed by atoms with Gasteiger partial charge in [-0.2, -0.15) is 0 Å². The summed E-state index contributed by atoms with van der Waals surface area (Å²) < 4.78 is 42.7. The number of hydrogen-bond acceptors (Lipinski definition) is 21. The van der Waals surface area contributed by atoms with Crippen molar-refractivity contribution in [2.75, 3.05) is 97.9 Å². The molecule has 0 aliphatic carbocycles. The van der Waals surface area contributed by atoms with Gasteiger partial charge in [0, 0.05) is 32.2 Å². The highest BCUT2D eigenvalue weighted by Crippen LogP contribution is 2.39. The number of hydrogen-bond donors (Lipinski definition) is 3. The summed E-state index contributed by atoms with van der Waals surface area (Å²) in [7, 11) is 2.66. The maximum atomic E-state index is 13.2. The second-order valence-corrected chi connectivity index (χ2v) is 16.9. The number of esters is 2. The van der Waals surface area contributed by atoms with Crippen LogP contribution in [0.3, 0.4) is 0 Å². The summed E-state index contributed by atoms with van der Waals surface area (Å²) in [5.74, 6) is 0.505. The molecule has 10 rings (SSSR count). The summed E-state index contributed by atoms with van der Waals surface area (Å²) in [5, 5.41) is 6.12. The lowest BCUT2D eigenvalue weighted by molar-refractivity contribution is -0.142. The number of carbonyl (C=O) groups excluding carboxylic acids is 3. The Morgan fingerprint density at radius 2 is 1.35 bits per heavy atom. The molecule has 0 saturated carbocycles. The molecule has 352 valence electrons. The Labute approximate surface area is 380 Å². The number of nitrogen functional groups attached to an aromatic ring is 1.